The highest BCUT2D eigenvalue weighted by molar-refractivity contribution is 7.47. The molecule has 10 nitrogen and oxygen atoms in total. The second kappa shape index (κ2) is 12.2. The van der Waals surface area contributed by atoms with Crippen molar-refractivity contribution in [2.45, 2.75) is 18.4 Å². The maximum absolute atomic E-state index is 12.6. The molecule has 0 bridgehead atoms. The Balaban J connectivity index is 1.32. The number of alkyl carbamates (subject to hydrolysis) is 1. The lowest BCUT2D eigenvalue weighted by molar-refractivity contribution is -0.870. The monoisotopic (exact) mass is 569 g/mol. The fraction of sp³-hybridized carbons (Fsp3) is 0.310. The average molecular weight is 570 g/mol. The first-order chi connectivity index (χ1) is 18.9. The summed E-state index contributed by atoms with van der Waals surface area (Å²) in [5, 5.41) is 12.1. The van der Waals surface area contributed by atoms with E-state index in [0.29, 0.717) is 16.6 Å². The zero-order valence-corrected chi connectivity index (χ0v) is 23.5. The number of benzene rings is 3. The Morgan fingerprint density at radius 1 is 0.950 bits per heavy atom. The third-order valence-electron chi connectivity index (χ3n) is 6.53. The number of nitrogens with one attached hydrogen (secondary N) is 1. The number of quaternary nitrogens is 1. The number of phosphoric ester groups is 1. The van der Waals surface area contributed by atoms with Gasteiger partial charge in [-0.3, -0.25) is 9.42 Å². The molecule has 2 unspecified atom stereocenters. The van der Waals surface area contributed by atoms with Gasteiger partial charge in [0.1, 0.15) is 31.5 Å². The van der Waals surface area contributed by atoms with Gasteiger partial charge in [0.2, 0.25) is 0 Å². The van der Waals surface area contributed by atoms with Crippen LogP contribution in [0.4, 0.5) is 4.79 Å². The van der Waals surface area contributed by atoms with E-state index >= 15 is 0 Å². The van der Waals surface area contributed by atoms with Gasteiger partial charge in [0.05, 0.1) is 21.1 Å². The fourth-order valence-electron chi connectivity index (χ4n) is 4.49. The number of hydrogen-bond acceptors (Lipinski definition) is 6. The van der Waals surface area contributed by atoms with Crippen LogP contribution in [0.5, 0.6) is 5.75 Å². The summed E-state index contributed by atoms with van der Waals surface area (Å²) in [6.45, 7) is 0.619. The summed E-state index contributed by atoms with van der Waals surface area (Å²) in [5.74, 6) is -1.27. The molecule has 4 rings (SSSR count). The van der Waals surface area contributed by atoms with Gasteiger partial charge in [-0.25, -0.2) is 14.2 Å². The lowest BCUT2D eigenvalue weighted by Crippen LogP contribution is -2.42. The zero-order chi connectivity index (χ0) is 28.9. The smallest absolute Gasteiger partial charge is 0.480 e. The molecule has 212 valence electrons. The molecule has 0 saturated heterocycles. The van der Waals surface area contributed by atoms with Gasteiger partial charge in [-0.2, -0.15) is 0 Å². The number of amides is 1. The van der Waals surface area contributed by atoms with Gasteiger partial charge < -0.3 is 24.2 Å². The Labute approximate surface area is 233 Å². The number of carboxylic acid groups (broad SMARTS) is 1. The molecule has 0 aliphatic heterocycles. The largest absolute Gasteiger partial charge is 0.527 e. The Morgan fingerprint density at radius 3 is 2.08 bits per heavy atom. The number of likely N-dealkylation sites (N-methyl/N-ethyl adjacent to an activating group) is 1. The number of aliphatic carboxylic acids is 1. The molecule has 3 N–H and O–H groups in total. The van der Waals surface area contributed by atoms with E-state index in [0.717, 1.165) is 22.3 Å². The van der Waals surface area contributed by atoms with Crippen molar-refractivity contribution in [2.75, 3.05) is 40.9 Å². The van der Waals surface area contributed by atoms with Gasteiger partial charge in [-0.15, -0.1) is 0 Å². The molecule has 0 fully saturated rings. The SMILES string of the molecule is C[N+](C)(C)CCOP(=O)(O)Oc1ccc(CC(NC(=O)OCC2c3ccccc3-c3ccccc32)C(=O)O)cc1. The van der Waals surface area contributed by atoms with Gasteiger partial charge in [-0.05, 0) is 39.9 Å². The molecule has 0 saturated carbocycles. The lowest BCUT2D eigenvalue weighted by Gasteiger charge is -2.24. The van der Waals surface area contributed by atoms with Crippen molar-refractivity contribution in [2.24, 2.45) is 0 Å². The van der Waals surface area contributed by atoms with Crippen LogP contribution < -0.4 is 9.84 Å². The summed E-state index contributed by atoms with van der Waals surface area (Å²) in [4.78, 5) is 34.4. The summed E-state index contributed by atoms with van der Waals surface area (Å²) >= 11 is 0. The molecule has 0 spiro atoms. The number of carboxylic acids is 1. The van der Waals surface area contributed by atoms with Crippen molar-refractivity contribution in [3.63, 3.8) is 0 Å². The third kappa shape index (κ3) is 7.70. The third-order valence-corrected chi connectivity index (χ3v) is 7.48. The molecule has 3 aromatic rings. The van der Waals surface area contributed by atoms with Crippen LogP contribution in [0.1, 0.15) is 22.6 Å². The molecule has 0 aromatic heterocycles. The number of nitrogens with zero attached hydrogens (tertiary/aromatic N) is 1. The molecule has 11 heteroatoms. The number of carbonyl (C=O) groups is 2. The van der Waals surface area contributed by atoms with Crippen LogP contribution in [0.15, 0.2) is 72.8 Å². The average Bonchev–Trinajstić information content (AvgIpc) is 3.20. The molecule has 1 aliphatic carbocycles. The van der Waals surface area contributed by atoms with E-state index in [9.17, 15) is 24.2 Å². The highest BCUT2D eigenvalue weighted by atomic mass is 31.2. The van der Waals surface area contributed by atoms with E-state index in [1.165, 1.54) is 12.1 Å². The summed E-state index contributed by atoms with van der Waals surface area (Å²) in [7, 11) is 1.47. The second-order valence-corrected chi connectivity index (χ2v) is 12.0. The molecule has 2 atom stereocenters. The van der Waals surface area contributed by atoms with Crippen LogP contribution in [0.25, 0.3) is 11.1 Å². The quantitative estimate of drug-likeness (QED) is 0.216. The topological polar surface area (TPSA) is 131 Å². The molecular formula is C29H34N2O8P+. The van der Waals surface area contributed by atoms with E-state index in [2.05, 4.69) is 5.32 Å². The van der Waals surface area contributed by atoms with Crippen molar-refractivity contribution in [1.29, 1.82) is 0 Å². The lowest BCUT2D eigenvalue weighted by atomic mass is 9.98. The summed E-state index contributed by atoms with van der Waals surface area (Å²) in [6, 6.07) is 20.6. The van der Waals surface area contributed by atoms with Crippen LogP contribution in [-0.2, 0) is 25.0 Å². The highest BCUT2D eigenvalue weighted by Crippen LogP contribution is 2.45. The van der Waals surface area contributed by atoms with Gasteiger partial charge in [0.15, 0.2) is 0 Å². The predicted molar refractivity (Wildman–Crippen MR) is 149 cm³/mol. The Morgan fingerprint density at radius 2 is 1.52 bits per heavy atom. The van der Waals surface area contributed by atoms with Crippen LogP contribution in [0.3, 0.4) is 0 Å². The molecule has 1 aliphatic rings. The Hall–Kier alpha value is -3.69. The van der Waals surface area contributed by atoms with Crippen molar-refractivity contribution >= 4 is 19.9 Å². The molecule has 1 amide bonds. The first-order valence-corrected chi connectivity index (χ1v) is 14.3. The van der Waals surface area contributed by atoms with E-state index in [1.54, 1.807) is 12.1 Å². The first kappa shape index (κ1) is 29.3. The van der Waals surface area contributed by atoms with Gasteiger partial charge in [0, 0.05) is 12.3 Å². The summed E-state index contributed by atoms with van der Waals surface area (Å²) in [6.07, 6.45) is -0.863. The first-order valence-electron chi connectivity index (χ1n) is 12.8. The Bertz CT molecular complexity index is 1360. The minimum absolute atomic E-state index is 0.0312. The van der Waals surface area contributed by atoms with E-state index < -0.39 is 25.9 Å². The number of fused-ring (bicyclic) bond motifs is 3. The van der Waals surface area contributed by atoms with Crippen molar-refractivity contribution < 1.29 is 42.4 Å². The van der Waals surface area contributed by atoms with Crippen LogP contribution in [-0.4, -0.2) is 73.5 Å². The maximum atomic E-state index is 12.6. The fourth-order valence-corrected chi connectivity index (χ4v) is 5.25. The van der Waals surface area contributed by atoms with E-state index in [-0.39, 0.29) is 31.3 Å². The highest BCUT2D eigenvalue weighted by Gasteiger charge is 2.30. The van der Waals surface area contributed by atoms with E-state index in [4.69, 9.17) is 13.8 Å². The molecular weight excluding hydrogens is 535 g/mol. The van der Waals surface area contributed by atoms with E-state index in [1.807, 2.05) is 69.7 Å². The van der Waals surface area contributed by atoms with Crippen LogP contribution in [0.2, 0.25) is 0 Å². The van der Waals surface area contributed by atoms with Crippen molar-refractivity contribution in [1.82, 2.24) is 5.32 Å². The maximum Gasteiger partial charge on any atom is 0.527 e. The standard InChI is InChI=1S/C29H33N2O8P/c1-31(2,3)16-17-38-40(35,36)39-21-14-12-20(13-15-21)18-27(28(32)33)30-29(34)37-19-26-24-10-6-4-8-22(24)23-9-5-7-11-25(23)26/h4-15,26-27H,16-19H2,1-3H3,(H2-,30,32,33,34,35,36)/p+1. The minimum atomic E-state index is -4.31. The minimum Gasteiger partial charge on any atom is -0.480 e. The van der Waals surface area contributed by atoms with Gasteiger partial charge >= 0.3 is 19.9 Å². The number of ether oxygens (including phenoxy) is 1. The van der Waals surface area contributed by atoms with Crippen LogP contribution >= 0.6 is 7.82 Å². The van der Waals surface area contributed by atoms with Crippen molar-refractivity contribution in [3.05, 3.63) is 89.5 Å². The molecule has 40 heavy (non-hydrogen) atoms. The molecule has 0 heterocycles. The molecule has 0 radical (unpaired) electrons. The number of phosphoric acid groups is 1. The molecule has 3 aromatic carbocycles. The number of carbonyl (C=O) groups excluding carboxylic acids is 1. The Kier molecular flexibility index (Phi) is 8.95. The van der Waals surface area contributed by atoms with Gasteiger partial charge in [-0.1, -0.05) is 60.7 Å². The summed E-state index contributed by atoms with van der Waals surface area (Å²) in [5.41, 5.74) is 4.87. The zero-order valence-electron chi connectivity index (χ0n) is 22.6. The second-order valence-electron chi connectivity index (χ2n) is 10.6. The normalized spacial score (nSPS) is 14.9. The predicted octanol–water partition coefficient (Wildman–Crippen LogP) is 4.42. The summed E-state index contributed by atoms with van der Waals surface area (Å²) < 4.78 is 28.3. The van der Waals surface area contributed by atoms with Crippen LogP contribution in [0, 0.1) is 0 Å². The number of hydrogen-bond donors (Lipinski definition) is 3. The van der Waals surface area contributed by atoms with Crippen molar-refractivity contribution in [3.8, 4) is 16.9 Å². The number of rotatable bonds is 12. The van der Waals surface area contributed by atoms with Gasteiger partial charge in [0.25, 0.3) is 0 Å².